The van der Waals surface area contributed by atoms with Crippen LogP contribution in [0.15, 0.2) is 30.6 Å². The van der Waals surface area contributed by atoms with E-state index in [-0.39, 0.29) is 28.4 Å². The summed E-state index contributed by atoms with van der Waals surface area (Å²) in [6, 6.07) is 3.28. The van der Waals surface area contributed by atoms with Crippen LogP contribution in [0, 0.1) is 6.92 Å². The number of nitrogen functional groups attached to an aromatic ring is 1. The third-order valence-electron chi connectivity index (χ3n) is 7.88. The van der Waals surface area contributed by atoms with E-state index in [1.807, 2.05) is 0 Å². The van der Waals surface area contributed by atoms with Crippen molar-refractivity contribution in [3.05, 3.63) is 47.4 Å². The fourth-order valence-corrected chi connectivity index (χ4v) is 5.54. The van der Waals surface area contributed by atoms with E-state index < -0.39 is 52.4 Å². The lowest BCUT2D eigenvalue weighted by molar-refractivity contribution is -0.255. The molecule has 2 fully saturated rings. The van der Waals surface area contributed by atoms with E-state index in [2.05, 4.69) is 15.3 Å². The Morgan fingerprint density at radius 2 is 1.66 bits per heavy atom. The quantitative estimate of drug-likeness (QED) is 0.228. The minimum absolute atomic E-state index is 0.0429. The molecule has 44 heavy (non-hydrogen) atoms. The number of nitrogens with one attached hydrogen (secondary N) is 1. The van der Waals surface area contributed by atoms with Gasteiger partial charge in [-0.15, -0.1) is 0 Å². The second-order valence-corrected chi connectivity index (χ2v) is 10.9. The topological polar surface area (TPSA) is 206 Å². The summed E-state index contributed by atoms with van der Waals surface area (Å²) in [5.41, 5.74) is 6.09. The number of imidazole rings is 1. The zero-order chi connectivity index (χ0) is 33.0. The number of carboxylic acids is 1. The first kappa shape index (κ1) is 32.5. The SMILES string of the molecule is Cc1ccc(C(O)(C(N)=O)C(F)(F)F)cc1-c1cnc2c(N)nc(C(=O)NC34CCC(O)(CC3)C4)cn12.O=C(O)C(F)(F)F. The number of rotatable bonds is 5. The molecule has 1 aromatic carbocycles. The van der Waals surface area contributed by atoms with E-state index in [1.54, 1.807) is 6.92 Å². The number of hydrogen-bond donors (Lipinski definition) is 6. The summed E-state index contributed by atoms with van der Waals surface area (Å²) < 4.78 is 74.1. The van der Waals surface area contributed by atoms with Gasteiger partial charge in [0.25, 0.3) is 17.4 Å². The lowest BCUT2D eigenvalue weighted by Gasteiger charge is -2.28. The van der Waals surface area contributed by atoms with Crippen molar-refractivity contribution >= 4 is 29.2 Å². The van der Waals surface area contributed by atoms with Gasteiger partial charge in [-0.25, -0.2) is 14.8 Å². The van der Waals surface area contributed by atoms with E-state index in [0.29, 0.717) is 37.7 Å². The molecule has 2 aliphatic carbocycles. The van der Waals surface area contributed by atoms with Crippen molar-refractivity contribution in [2.24, 2.45) is 5.73 Å². The number of amides is 2. The Morgan fingerprint density at radius 3 is 2.14 bits per heavy atom. The molecule has 2 heterocycles. The molecule has 1 atom stereocenters. The molecule has 5 rings (SSSR count). The molecule has 2 aliphatic rings. The third-order valence-corrected chi connectivity index (χ3v) is 7.88. The van der Waals surface area contributed by atoms with Gasteiger partial charge in [-0.05, 0) is 50.7 Å². The van der Waals surface area contributed by atoms with Crippen molar-refractivity contribution < 1.29 is 56.0 Å². The molecular formula is C26H26F6N6O6. The molecule has 0 saturated heterocycles. The molecule has 0 radical (unpaired) electrons. The monoisotopic (exact) mass is 632 g/mol. The molecule has 238 valence electrons. The number of aromatic nitrogens is 3. The fraction of sp³-hybridized carbons (Fsp3) is 0.423. The summed E-state index contributed by atoms with van der Waals surface area (Å²) in [5.74, 6) is -5.31. The van der Waals surface area contributed by atoms with E-state index in [1.165, 1.54) is 22.9 Å². The van der Waals surface area contributed by atoms with E-state index in [9.17, 15) is 46.1 Å². The number of aliphatic hydroxyl groups is 2. The van der Waals surface area contributed by atoms with Gasteiger partial charge in [0.05, 0.1) is 17.5 Å². The van der Waals surface area contributed by atoms with Crippen molar-refractivity contribution in [2.45, 2.75) is 68.1 Å². The van der Waals surface area contributed by atoms with Gasteiger partial charge < -0.3 is 32.1 Å². The molecule has 2 aromatic heterocycles. The summed E-state index contributed by atoms with van der Waals surface area (Å²) in [5, 5.41) is 30.9. The van der Waals surface area contributed by atoms with E-state index >= 15 is 0 Å². The molecule has 2 amide bonds. The highest BCUT2D eigenvalue weighted by Crippen LogP contribution is 2.50. The van der Waals surface area contributed by atoms with E-state index in [0.717, 1.165) is 12.1 Å². The minimum atomic E-state index is -5.36. The van der Waals surface area contributed by atoms with Crippen LogP contribution in [0.4, 0.5) is 32.2 Å². The van der Waals surface area contributed by atoms with Crippen LogP contribution in [0.25, 0.3) is 16.9 Å². The van der Waals surface area contributed by atoms with Crippen LogP contribution in [-0.2, 0) is 15.2 Å². The Balaban J connectivity index is 0.000000566. The zero-order valence-corrected chi connectivity index (χ0v) is 22.8. The maximum Gasteiger partial charge on any atom is 0.490 e. The largest absolute Gasteiger partial charge is 0.490 e. The molecule has 18 heteroatoms. The number of carbonyl (C=O) groups excluding carboxylic acids is 2. The van der Waals surface area contributed by atoms with Crippen LogP contribution < -0.4 is 16.8 Å². The number of aryl methyl sites for hydroxylation is 1. The van der Waals surface area contributed by atoms with Gasteiger partial charge >= 0.3 is 18.3 Å². The zero-order valence-electron chi connectivity index (χ0n) is 22.8. The van der Waals surface area contributed by atoms with Crippen molar-refractivity contribution in [3.8, 4) is 11.3 Å². The van der Waals surface area contributed by atoms with Gasteiger partial charge in [-0.2, -0.15) is 26.3 Å². The maximum absolute atomic E-state index is 13.7. The number of anilines is 1. The average molecular weight is 633 g/mol. The molecular weight excluding hydrogens is 606 g/mol. The van der Waals surface area contributed by atoms with Crippen molar-refractivity contribution in [1.29, 1.82) is 0 Å². The molecule has 2 bridgehead atoms. The number of nitrogens with two attached hydrogens (primary N) is 2. The van der Waals surface area contributed by atoms with Gasteiger partial charge in [0, 0.05) is 22.9 Å². The number of nitrogens with zero attached hydrogens (tertiary/aromatic N) is 3. The number of aliphatic carboxylic acids is 1. The number of primary amides is 1. The summed E-state index contributed by atoms with van der Waals surface area (Å²) in [6.07, 6.45) is -4.83. The van der Waals surface area contributed by atoms with Gasteiger partial charge in [0.15, 0.2) is 11.5 Å². The molecule has 0 aliphatic heterocycles. The second-order valence-electron chi connectivity index (χ2n) is 10.9. The number of hydrogen-bond acceptors (Lipinski definition) is 8. The molecule has 8 N–H and O–H groups in total. The van der Waals surface area contributed by atoms with Crippen LogP contribution in [-0.4, -0.2) is 71.0 Å². The summed E-state index contributed by atoms with van der Waals surface area (Å²) in [7, 11) is 0. The van der Waals surface area contributed by atoms with Crippen LogP contribution in [0.1, 0.15) is 53.7 Å². The van der Waals surface area contributed by atoms with Crippen LogP contribution in [0.2, 0.25) is 0 Å². The number of fused-ring (bicyclic) bond motifs is 3. The first-order valence-corrected chi connectivity index (χ1v) is 12.8. The van der Waals surface area contributed by atoms with Crippen molar-refractivity contribution in [3.63, 3.8) is 0 Å². The predicted octanol–water partition coefficient (Wildman–Crippen LogP) is 2.33. The Bertz CT molecular complexity index is 1650. The van der Waals surface area contributed by atoms with E-state index in [4.69, 9.17) is 21.4 Å². The van der Waals surface area contributed by atoms with Gasteiger partial charge in [0.2, 0.25) is 0 Å². The van der Waals surface area contributed by atoms with Gasteiger partial charge in [-0.3, -0.25) is 14.0 Å². The maximum atomic E-state index is 13.7. The summed E-state index contributed by atoms with van der Waals surface area (Å²) >= 11 is 0. The summed E-state index contributed by atoms with van der Waals surface area (Å²) in [6.45, 7) is 1.62. The normalized spacial score (nSPS) is 22.7. The number of carbonyl (C=O) groups is 3. The highest BCUT2D eigenvalue weighted by Gasteiger charge is 2.60. The Labute approximate surface area is 243 Å². The molecule has 12 nitrogen and oxygen atoms in total. The van der Waals surface area contributed by atoms with Gasteiger partial charge in [-0.1, -0.05) is 12.1 Å². The Morgan fingerprint density at radius 1 is 1.07 bits per heavy atom. The summed E-state index contributed by atoms with van der Waals surface area (Å²) in [4.78, 5) is 42.1. The molecule has 1 unspecified atom stereocenters. The van der Waals surface area contributed by atoms with Crippen LogP contribution in [0.5, 0.6) is 0 Å². The van der Waals surface area contributed by atoms with Crippen LogP contribution >= 0.6 is 0 Å². The first-order chi connectivity index (χ1) is 20.1. The number of halogens is 6. The fourth-order valence-electron chi connectivity index (χ4n) is 5.54. The second kappa shape index (κ2) is 10.6. The Hall–Kier alpha value is -4.45. The number of carboxylic acid groups (broad SMARTS) is 1. The standard InChI is InChI=1S/C24H25F3N6O4.C2HF3O2/c1-12-2-3-13(23(37,20(29)35)24(25,26)27)8-14(12)16-9-30-18-17(28)31-15(10-33(16)18)19(34)32-21-4-6-22(36,11-21)7-5-21;3-2(4,5)1(6)7/h2-3,8-10,36-37H,4-7,11H2,1H3,(H2,28,31)(H2,29,35)(H,32,34);(H,6,7). The molecule has 0 spiro atoms. The highest BCUT2D eigenvalue weighted by atomic mass is 19.4. The molecule has 3 aromatic rings. The third kappa shape index (κ3) is 5.73. The first-order valence-electron chi connectivity index (χ1n) is 12.8. The number of benzene rings is 1. The van der Waals surface area contributed by atoms with Crippen LogP contribution in [0.3, 0.4) is 0 Å². The minimum Gasteiger partial charge on any atom is -0.475 e. The Kier molecular flexibility index (Phi) is 7.83. The predicted molar refractivity (Wildman–Crippen MR) is 139 cm³/mol. The number of alkyl halides is 6. The van der Waals surface area contributed by atoms with Crippen molar-refractivity contribution in [1.82, 2.24) is 19.7 Å². The van der Waals surface area contributed by atoms with Gasteiger partial charge in [0.1, 0.15) is 5.69 Å². The lowest BCUT2D eigenvalue weighted by Crippen LogP contribution is -2.52. The lowest BCUT2D eigenvalue weighted by atomic mass is 9.89. The average Bonchev–Trinajstić information content (AvgIpc) is 3.58. The smallest absolute Gasteiger partial charge is 0.475 e. The van der Waals surface area contributed by atoms with Crippen molar-refractivity contribution in [2.75, 3.05) is 5.73 Å². The molecule has 2 saturated carbocycles. The highest BCUT2D eigenvalue weighted by molar-refractivity contribution is 5.94.